The second-order valence-corrected chi connectivity index (χ2v) is 5.88. The first-order chi connectivity index (χ1) is 8.66. The van der Waals surface area contributed by atoms with Gasteiger partial charge in [0.2, 0.25) is 0 Å². The van der Waals surface area contributed by atoms with E-state index in [0.717, 1.165) is 25.2 Å². The predicted octanol–water partition coefficient (Wildman–Crippen LogP) is 2.74. The highest BCUT2D eigenvalue weighted by molar-refractivity contribution is 5.16. The molecule has 4 unspecified atom stereocenters. The van der Waals surface area contributed by atoms with Crippen LogP contribution in [0.1, 0.15) is 38.2 Å². The molecule has 0 amide bonds. The van der Waals surface area contributed by atoms with Gasteiger partial charge in [-0.2, -0.15) is 0 Å². The zero-order chi connectivity index (χ0) is 13.0. The highest BCUT2D eigenvalue weighted by atomic mass is 16.3. The zero-order valence-corrected chi connectivity index (χ0v) is 11.3. The standard InChI is InChI=1S/C16H25NO/c1-12-6-5-9-14(10-12)16(18)15(17)11-13-7-3-2-4-8-13/h2-4,7-8,12,14-16,18H,5-6,9-11,17H2,1H3. The van der Waals surface area contributed by atoms with Gasteiger partial charge in [0.05, 0.1) is 6.10 Å². The van der Waals surface area contributed by atoms with Crippen LogP contribution in [0.3, 0.4) is 0 Å². The van der Waals surface area contributed by atoms with Gasteiger partial charge in [0.15, 0.2) is 0 Å². The topological polar surface area (TPSA) is 46.2 Å². The lowest BCUT2D eigenvalue weighted by atomic mass is 9.77. The minimum Gasteiger partial charge on any atom is -0.391 e. The lowest BCUT2D eigenvalue weighted by Crippen LogP contribution is -2.43. The quantitative estimate of drug-likeness (QED) is 0.859. The zero-order valence-electron chi connectivity index (χ0n) is 11.3. The Morgan fingerprint density at radius 2 is 2.00 bits per heavy atom. The predicted molar refractivity (Wildman–Crippen MR) is 75.3 cm³/mol. The van der Waals surface area contributed by atoms with Crippen LogP contribution in [0.2, 0.25) is 0 Å². The molecule has 1 saturated carbocycles. The maximum Gasteiger partial charge on any atom is 0.0722 e. The Hall–Kier alpha value is -0.860. The molecule has 0 aromatic heterocycles. The number of hydrogen-bond donors (Lipinski definition) is 2. The molecule has 2 nitrogen and oxygen atoms in total. The minimum absolute atomic E-state index is 0.136. The summed E-state index contributed by atoms with van der Waals surface area (Å²) < 4.78 is 0. The summed E-state index contributed by atoms with van der Waals surface area (Å²) in [5, 5.41) is 10.4. The molecule has 0 radical (unpaired) electrons. The van der Waals surface area contributed by atoms with E-state index in [1.54, 1.807) is 0 Å². The molecule has 0 bridgehead atoms. The molecule has 2 rings (SSSR count). The van der Waals surface area contributed by atoms with Crippen LogP contribution in [-0.4, -0.2) is 17.3 Å². The third kappa shape index (κ3) is 3.56. The summed E-state index contributed by atoms with van der Waals surface area (Å²) in [4.78, 5) is 0. The molecule has 1 aromatic rings. The Bertz CT molecular complexity index is 351. The van der Waals surface area contributed by atoms with Crippen molar-refractivity contribution in [2.24, 2.45) is 17.6 Å². The Balaban J connectivity index is 1.90. The van der Waals surface area contributed by atoms with Crippen LogP contribution < -0.4 is 5.73 Å². The van der Waals surface area contributed by atoms with E-state index < -0.39 is 0 Å². The molecule has 18 heavy (non-hydrogen) atoms. The molecular weight excluding hydrogens is 222 g/mol. The van der Waals surface area contributed by atoms with Crippen LogP contribution in [0.4, 0.5) is 0 Å². The fourth-order valence-electron chi connectivity index (χ4n) is 3.15. The van der Waals surface area contributed by atoms with Gasteiger partial charge in [0, 0.05) is 6.04 Å². The van der Waals surface area contributed by atoms with Crippen molar-refractivity contribution in [2.75, 3.05) is 0 Å². The molecule has 4 atom stereocenters. The molecule has 100 valence electrons. The Morgan fingerprint density at radius 3 is 2.67 bits per heavy atom. The Kier molecular flexibility index (Phi) is 4.79. The van der Waals surface area contributed by atoms with E-state index in [-0.39, 0.29) is 12.1 Å². The first-order valence-corrected chi connectivity index (χ1v) is 7.14. The molecule has 0 saturated heterocycles. The van der Waals surface area contributed by atoms with Gasteiger partial charge in [-0.05, 0) is 36.7 Å². The van der Waals surface area contributed by atoms with Crippen LogP contribution in [0.5, 0.6) is 0 Å². The van der Waals surface area contributed by atoms with Crippen molar-refractivity contribution in [3.05, 3.63) is 35.9 Å². The monoisotopic (exact) mass is 247 g/mol. The lowest BCUT2D eigenvalue weighted by Gasteiger charge is -2.33. The van der Waals surface area contributed by atoms with Crippen molar-refractivity contribution in [1.82, 2.24) is 0 Å². The highest BCUT2D eigenvalue weighted by Crippen LogP contribution is 2.31. The second kappa shape index (κ2) is 6.35. The van der Waals surface area contributed by atoms with Crippen molar-refractivity contribution < 1.29 is 5.11 Å². The molecule has 0 spiro atoms. The van der Waals surface area contributed by atoms with Gasteiger partial charge in [-0.15, -0.1) is 0 Å². The van der Waals surface area contributed by atoms with Gasteiger partial charge in [0.1, 0.15) is 0 Å². The van der Waals surface area contributed by atoms with Crippen LogP contribution in [0, 0.1) is 11.8 Å². The van der Waals surface area contributed by atoms with Crippen LogP contribution in [-0.2, 0) is 6.42 Å². The fraction of sp³-hybridized carbons (Fsp3) is 0.625. The lowest BCUT2D eigenvalue weighted by molar-refractivity contribution is 0.0509. The summed E-state index contributed by atoms with van der Waals surface area (Å²) in [5.41, 5.74) is 7.39. The third-order valence-corrected chi connectivity index (χ3v) is 4.21. The molecule has 0 aliphatic heterocycles. The van der Waals surface area contributed by atoms with Crippen molar-refractivity contribution >= 4 is 0 Å². The van der Waals surface area contributed by atoms with E-state index in [1.807, 2.05) is 18.2 Å². The van der Waals surface area contributed by atoms with Gasteiger partial charge >= 0.3 is 0 Å². The maximum absolute atomic E-state index is 10.4. The van der Waals surface area contributed by atoms with Gasteiger partial charge in [-0.25, -0.2) is 0 Å². The van der Waals surface area contributed by atoms with Crippen LogP contribution in [0.25, 0.3) is 0 Å². The van der Waals surface area contributed by atoms with Crippen molar-refractivity contribution in [3.63, 3.8) is 0 Å². The van der Waals surface area contributed by atoms with E-state index in [1.165, 1.54) is 18.4 Å². The normalized spacial score (nSPS) is 27.7. The molecular formula is C16H25NO. The van der Waals surface area contributed by atoms with Crippen molar-refractivity contribution in [1.29, 1.82) is 0 Å². The molecule has 1 aliphatic rings. The average Bonchev–Trinajstić information content (AvgIpc) is 2.39. The summed E-state index contributed by atoms with van der Waals surface area (Å²) in [6.07, 6.45) is 5.22. The van der Waals surface area contributed by atoms with Gasteiger partial charge < -0.3 is 10.8 Å². The molecule has 1 fully saturated rings. The van der Waals surface area contributed by atoms with E-state index >= 15 is 0 Å². The second-order valence-electron chi connectivity index (χ2n) is 5.88. The fourth-order valence-corrected chi connectivity index (χ4v) is 3.15. The Morgan fingerprint density at radius 1 is 1.28 bits per heavy atom. The molecule has 2 heteroatoms. The number of aliphatic hydroxyl groups is 1. The number of hydrogen-bond acceptors (Lipinski definition) is 2. The SMILES string of the molecule is CC1CCCC(C(O)C(N)Cc2ccccc2)C1. The number of rotatable bonds is 4. The minimum atomic E-state index is -0.354. The number of nitrogens with two attached hydrogens (primary N) is 1. The van der Waals surface area contributed by atoms with E-state index in [4.69, 9.17) is 5.73 Å². The summed E-state index contributed by atoms with van der Waals surface area (Å²) >= 11 is 0. The van der Waals surface area contributed by atoms with Crippen LogP contribution in [0.15, 0.2) is 30.3 Å². The van der Waals surface area contributed by atoms with E-state index in [0.29, 0.717) is 5.92 Å². The van der Waals surface area contributed by atoms with Crippen molar-refractivity contribution in [3.8, 4) is 0 Å². The molecule has 3 N–H and O–H groups in total. The van der Waals surface area contributed by atoms with E-state index in [2.05, 4.69) is 19.1 Å². The molecule has 1 aromatic carbocycles. The van der Waals surface area contributed by atoms with Crippen LogP contribution >= 0.6 is 0 Å². The number of aliphatic hydroxyl groups excluding tert-OH is 1. The molecule has 1 aliphatic carbocycles. The summed E-state index contributed by atoms with van der Waals surface area (Å²) in [6, 6.07) is 10.1. The third-order valence-electron chi connectivity index (χ3n) is 4.21. The number of benzene rings is 1. The van der Waals surface area contributed by atoms with Gasteiger partial charge in [0.25, 0.3) is 0 Å². The Labute approximate surface area is 110 Å². The summed E-state index contributed by atoms with van der Waals surface area (Å²) in [5.74, 6) is 1.13. The first kappa shape index (κ1) is 13.6. The maximum atomic E-state index is 10.4. The summed E-state index contributed by atoms with van der Waals surface area (Å²) in [6.45, 7) is 2.28. The summed E-state index contributed by atoms with van der Waals surface area (Å²) in [7, 11) is 0. The van der Waals surface area contributed by atoms with E-state index in [9.17, 15) is 5.11 Å². The highest BCUT2D eigenvalue weighted by Gasteiger charge is 2.29. The smallest absolute Gasteiger partial charge is 0.0722 e. The largest absolute Gasteiger partial charge is 0.391 e. The average molecular weight is 247 g/mol. The van der Waals surface area contributed by atoms with Gasteiger partial charge in [-0.1, -0.05) is 50.1 Å². The van der Waals surface area contributed by atoms with Gasteiger partial charge in [-0.3, -0.25) is 0 Å². The molecule has 0 heterocycles. The van der Waals surface area contributed by atoms with Crippen molar-refractivity contribution in [2.45, 2.75) is 51.2 Å². The first-order valence-electron chi connectivity index (χ1n) is 7.14.